The molecule has 0 bridgehead atoms. The average molecular weight is 480 g/mol. The van der Waals surface area contributed by atoms with Crippen LogP contribution in [0.25, 0.3) is 10.2 Å². The van der Waals surface area contributed by atoms with E-state index in [4.69, 9.17) is 4.98 Å². The lowest BCUT2D eigenvalue weighted by Gasteiger charge is -2.36. The Balaban J connectivity index is 1.38. The van der Waals surface area contributed by atoms with Crippen molar-refractivity contribution in [2.75, 3.05) is 42.9 Å². The Morgan fingerprint density at radius 2 is 1.88 bits per heavy atom. The van der Waals surface area contributed by atoms with E-state index in [1.54, 1.807) is 0 Å². The van der Waals surface area contributed by atoms with E-state index in [1.165, 1.54) is 17.0 Å². The smallest absolute Gasteiger partial charge is 0.266 e. The molecule has 0 aliphatic carbocycles. The van der Waals surface area contributed by atoms with Gasteiger partial charge >= 0.3 is 0 Å². The lowest BCUT2D eigenvalue weighted by Crippen LogP contribution is -2.46. The zero-order valence-corrected chi connectivity index (χ0v) is 21.1. The van der Waals surface area contributed by atoms with Gasteiger partial charge in [0.15, 0.2) is 0 Å². The van der Waals surface area contributed by atoms with Gasteiger partial charge in [0.05, 0.1) is 10.3 Å². The van der Waals surface area contributed by atoms with E-state index in [1.807, 2.05) is 23.6 Å². The summed E-state index contributed by atoms with van der Waals surface area (Å²) in [5.41, 5.74) is 3.88. The Morgan fingerprint density at radius 1 is 1.09 bits per heavy atom. The van der Waals surface area contributed by atoms with Crippen LogP contribution in [0.4, 0.5) is 11.4 Å². The van der Waals surface area contributed by atoms with Gasteiger partial charge in [0.25, 0.3) is 11.5 Å². The van der Waals surface area contributed by atoms with Crippen molar-refractivity contribution in [3.63, 3.8) is 0 Å². The molecule has 4 heterocycles. The minimum atomic E-state index is -0.177. The molecule has 1 amide bonds. The van der Waals surface area contributed by atoms with Gasteiger partial charge < -0.3 is 15.1 Å². The molecule has 0 radical (unpaired) electrons. The van der Waals surface area contributed by atoms with E-state index in [9.17, 15) is 9.59 Å². The van der Waals surface area contributed by atoms with Crippen molar-refractivity contribution >= 4 is 38.8 Å². The standard InChI is InChI=1S/C26H33N5O2S/c1-4-29-12-14-30(15-13-29)20-10-9-19(16-17(20)2)27-24(32)23-18(3)22-25(34-23)28-21-8-6-5-7-11-31(21)26(22)33/h9-10,16H,4-8,11-15H2,1-3H3,(H,27,32). The van der Waals surface area contributed by atoms with Crippen LogP contribution >= 0.6 is 11.3 Å². The summed E-state index contributed by atoms with van der Waals surface area (Å²) in [5, 5.41) is 3.65. The largest absolute Gasteiger partial charge is 0.369 e. The van der Waals surface area contributed by atoms with Crippen molar-refractivity contribution in [3.8, 4) is 0 Å². The highest BCUT2D eigenvalue weighted by Gasteiger charge is 2.23. The van der Waals surface area contributed by atoms with Crippen molar-refractivity contribution in [1.82, 2.24) is 14.5 Å². The number of fused-ring (bicyclic) bond motifs is 2. The van der Waals surface area contributed by atoms with Crippen LogP contribution in [-0.2, 0) is 13.0 Å². The van der Waals surface area contributed by atoms with Gasteiger partial charge in [-0.25, -0.2) is 4.98 Å². The van der Waals surface area contributed by atoms with Crippen molar-refractivity contribution in [2.24, 2.45) is 0 Å². The fourth-order valence-corrected chi connectivity index (χ4v) is 6.29. The summed E-state index contributed by atoms with van der Waals surface area (Å²) in [6, 6.07) is 6.12. The number of anilines is 2. The summed E-state index contributed by atoms with van der Waals surface area (Å²) < 4.78 is 1.82. The molecule has 2 aliphatic heterocycles. The molecule has 0 atom stereocenters. The number of aryl methyl sites for hydroxylation is 3. The van der Waals surface area contributed by atoms with Gasteiger partial charge in [-0.05, 0) is 62.6 Å². The van der Waals surface area contributed by atoms with Gasteiger partial charge in [-0.15, -0.1) is 11.3 Å². The van der Waals surface area contributed by atoms with E-state index in [0.29, 0.717) is 21.6 Å². The number of amides is 1. The molecule has 2 aromatic heterocycles. The number of hydrogen-bond acceptors (Lipinski definition) is 6. The molecule has 5 rings (SSSR count). The molecule has 7 nitrogen and oxygen atoms in total. The molecule has 34 heavy (non-hydrogen) atoms. The highest BCUT2D eigenvalue weighted by molar-refractivity contribution is 7.20. The molecule has 180 valence electrons. The lowest BCUT2D eigenvalue weighted by atomic mass is 10.1. The van der Waals surface area contributed by atoms with Crippen LogP contribution in [0.3, 0.4) is 0 Å². The summed E-state index contributed by atoms with van der Waals surface area (Å²) in [7, 11) is 0. The van der Waals surface area contributed by atoms with Crippen molar-refractivity contribution in [1.29, 1.82) is 0 Å². The quantitative estimate of drug-likeness (QED) is 0.608. The summed E-state index contributed by atoms with van der Waals surface area (Å²) in [6.45, 7) is 12.2. The number of thiophene rings is 1. The second-order valence-electron chi connectivity index (χ2n) is 9.41. The van der Waals surface area contributed by atoms with E-state index >= 15 is 0 Å². The lowest BCUT2D eigenvalue weighted by molar-refractivity contribution is 0.103. The average Bonchev–Trinajstić information content (AvgIpc) is 3.00. The summed E-state index contributed by atoms with van der Waals surface area (Å²) in [6.07, 6.45) is 4.00. The molecular weight excluding hydrogens is 446 g/mol. The molecule has 2 aliphatic rings. The Kier molecular flexibility index (Phi) is 6.44. The number of carbonyl (C=O) groups excluding carboxylic acids is 1. The fourth-order valence-electron chi connectivity index (χ4n) is 5.21. The zero-order valence-electron chi connectivity index (χ0n) is 20.3. The second kappa shape index (κ2) is 9.50. The maximum Gasteiger partial charge on any atom is 0.266 e. The summed E-state index contributed by atoms with van der Waals surface area (Å²) in [5.74, 6) is 0.679. The summed E-state index contributed by atoms with van der Waals surface area (Å²) in [4.78, 5) is 37.3. The minimum Gasteiger partial charge on any atom is -0.369 e. The highest BCUT2D eigenvalue weighted by Crippen LogP contribution is 2.30. The first-order valence-electron chi connectivity index (χ1n) is 12.4. The summed E-state index contributed by atoms with van der Waals surface area (Å²) >= 11 is 1.33. The molecule has 8 heteroatoms. The molecule has 1 aromatic carbocycles. The molecular formula is C26H33N5O2S. The van der Waals surface area contributed by atoms with E-state index in [-0.39, 0.29) is 11.5 Å². The van der Waals surface area contributed by atoms with Crippen molar-refractivity contribution in [2.45, 2.75) is 53.0 Å². The third-order valence-corrected chi connectivity index (χ3v) is 8.42. The third kappa shape index (κ3) is 4.25. The van der Waals surface area contributed by atoms with Crippen LogP contribution in [0.5, 0.6) is 0 Å². The molecule has 0 unspecified atom stereocenters. The molecule has 1 fully saturated rings. The molecule has 1 saturated heterocycles. The second-order valence-corrected chi connectivity index (χ2v) is 10.4. The van der Waals surface area contributed by atoms with E-state index in [2.05, 4.69) is 35.0 Å². The van der Waals surface area contributed by atoms with Gasteiger partial charge in [0, 0.05) is 50.5 Å². The Labute approximate surface area is 204 Å². The first-order chi connectivity index (χ1) is 16.5. The number of aromatic nitrogens is 2. The Morgan fingerprint density at radius 3 is 2.62 bits per heavy atom. The number of hydrogen-bond donors (Lipinski definition) is 1. The molecule has 3 aromatic rings. The van der Waals surface area contributed by atoms with Crippen molar-refractivity contribution < 1.29 is 4.79 Å². The monoisotopic (exact) mass is 479 g/mol. The fraction of sp³-hybridized carbons (Fsp3) is 0.500. The van der Waals surface area contributed by atoms with Gasteiger partial charge in [-0.3, -0.25) is 14.2 Å². The number of benzene rings is 1. The predicted molar refractivity (Wildman–Crippen MR) is 140 cm³/mol. The normalized spacial score (nSPS) is 17.0. The molecule has 1 N–H and O–H groups in total. The van der Waals surface area contributed by atoms with Crippen LogP contribution in [0.1, 0.15) is 52.8 Å². The molecule has 0 spiro atoms. The van der Waals surface area contributed by atoms with Crippen LogP contribution < -0.4 is 15.8 Å². The number of carbonyl (C=O) groups is 1. The van der Waals surface area contributed by atoms with Gasteiger partial charge in [-0.2, -0.15) is 0 Å². The predicted octanol–water partition coefficient (Wildman–Crippen LogP) is 4.20. The van der Waals surface area contributed by atoms with Gasteiger partial charge in [0.1, 0.15) is 10.7 Å². The maximum absolute atomic E-state index is 13.2. The molecule has 0 saturated carbocycles. The SMILES string of the molecule is CCN1CCN(c2ccc(NC(=O)c3sc4nc5n(c(=O)c4c3C)CCCCC5)cc2C)CC1. The number of piperazine rings is 1. The Bertz CT molecular complexity index is 1290. The van der Waals surface area contributed by atoms with Crippen LogP contribution in [-0.4, -0.2) is 53.1 Å². The maximum atomic E-state index is 13.2. The van der Waals surface area contributed by atoms with E-state index < -0.39 is 0 Å². The van der Waals surface area contributed by atoms with Gasteiger partial charge in [-0.1, -0.05) is 13.3 Å². The number of nitrogens with zero attached hydrogens (tertiary/aromatic N) is 4. The van der Waals surface area contributed by atoms with Crippen LogP contribution in [0, 0.1) is 13.8 Å². The topological polar surface area (TPSA) is 70.5 Å². The first kappa shape index (κ1) is 23.1. The number of nitrogens with one attached hydrogen (secondary N) is 1. The highest BCUT2D eigenvalue weighted by atomic mass is 32.1. The van der Waals surface area contributed by atoms with Gasteiger partial charge in [0.2, 0.25) is 0 Å². The van der Waals surface area contributed by atoms with Crippen LogP contribution in [0.15, 0.2) is 23.0 Å². The zero-order chi connectivity index (χ0) is 23.8. The third-order valence-electron chi connectivity index (χ3n) is 7.23. The first-order valence-corrected chi connectivity index (χ1v) is 13.2. The minimum absolute atomic E-state index is 0.00179. The van der Waals surface area contributed by atoms with Crippen LogP contribution in [0.2, 0.25) is 0 Å². The van der Waals surface area contributed by atoms with Crippen molar-refractivity contribution in [3.05, 3.63) is 50.4 Å². The van der Waals surface area contributed by atoms with E-state index in [0.717, 1.165) is 81.0 Å². The number of likely N-dealkylation sites (N-methyl/N-ethyl adjacent to an activating group) is 1. The Hall–Kier alpha value is -2.71. The number of rotatable bonds is 4.